The molecule has 0 bridgehead atoms. The number of methoxy groups -OCH3 is 1. The first kappa shape index (κ1) is 17.1. The first-order valence-electron chi connectivity index (χ1n) is 6.16. The fraction of sp³-hybridized carbons (Fsp3) is 0.385. The fourth-order valence-corrected chi connectivity index (χ4v) is 3.09. The third-order valence-corrected chi connectivity index (χ3v) is 4.80. The van der Waals surface area contributed by atoms with Gasteiger partial charge in [0.25, 0.3) is 0 Å². The van der Waals surface area contributed by atoms with Gasteiger partial charge < -0.3 is 9.84 Å². The highest BCUT2D eigenvalue weighted by molar-refractivity contribution is 7.89. The van der Waals surface area contributed by atoms with Gasteiger partial charge in [-0.25, -0.2) is 17.5 Å². The van der Waals surface area contributed by atoms with E-state index < -0.39 is 22.0 Å². The Labute approximate surface area is 123 Å². The Hall–Kier alpha value is -1.93. The van der Waals surface area contributed by atoms with Gasteiger partial charge in [0.1, 0.15) is 0 Å². The summed E-state index contributed by atoms with van der Waals surface area (Å²) in [5.41, 5.74) is -0.280. The Morgan fingerprint density at radius 3 is 2.48 bits per heavy atom. The maximum Gasteiger partial charge on any atom is 0.337 e. The summed E-state index contributed by atoms with van der Waals surface area (Å²) in [5, 5.41) is 9.05. The number of carboxylic acids is 1. The second-order valence-electron chi connectivity index (χ2n) is 4.31. The van der Waals surface area contributed by atoms with Crippen molar-refractivity contribution in [2.24, 2.45) is 0 Å². The molecular formula is C13H17NO6S. The van der Waals surface area contributed by atoms with Crippen LogP contribution in [0.2, 0.25) is 0 Å². The molecule has 0 atom stereocenters. The molecule has 0 fully saturated rings. The van der Waals surface area contributed by atoms with E-state index in [1.165, 1.54) is 38.4 Å². The van der Waals surface area contributed by atoms with Crippen LogP contribution < -0.4 is 0 Å². The maximum atomic E-state index is 12.3. The van der Waals surface area contributed by atoms with Gasteiger partial charge in [0.05, 0.1) is 17.6 Å². The van der Waals surface area contributed by atoms with Crippen LogP contribution in [-0.4, -0.2) is 50.5 Å². The number of hydrogen-bond acceptors (Lipinski definition) is 5. The van der Waals surface area contributed by atoms with Gasteiger partial charge >= 0.3 is 11.9 Å². The minimum atomic E-state index is -3.92. The van der Waals surface area contributed by atoms with Crippen LogP contribution in [0, 0.1) is 0 Å². The van der Waals surface area contributed by atoms with Crippen LogP contribution in [0.4, 0.5) is 0 Å². The van der Waals surface area contributed by atoms with E-state index in [1.807, 2.05) is 0 Å². The minimum Gasteiger partial charge on any atom is -0.478 e. The molecular weight excluding hydrogens is 298 g/mol. The van der Waals surface area contributed by atoms with Crippen LogP contribution in [0.25, 0.3) is 0 Å². The van der Waals surface area contributed by atoms with Crippen molar-refractivity contribution >= 4 is 22.0 Å². The molecule has 0 aliphatic carbocycles. The number of nitrogens with zero attached hydrogens (tertiary/aromatic N) is 1. The molecule has 0 unspecified atom stereocenters. The van der Waals surface area contributed by atoms with Crippen molar-refractivity contribution in [3.63, 3.8) is 0 Å². The van der Waals surface area contributed by atoms with Gasteiger partial charge in [0.15, 0.2) is 0 Å². The Morgan fingerprint density at radius 1 is 1.29 bits per heavy atom. The maximum absolute atomic E-state index is 12.3. The summed E-state index contributed by atoms with van der Waals surface area (Å²) < 4.78 is 30.2. The van der Waals surface area contributed by atoms with Crippen molar-refractivity contribution in [1.82, 2.24) is 4.31 Å². The third-order valence-electron chi connectivity index (χ3n) is 2.89. The molecule has 21 heavy (non-hydrogen) atoms. The zero-order valence-corrected chi connectivity index (χ0v) is 12.6. The summed E-state index contributed by atoms with van der Waals surface area (Å²) in [4.78, 5) is 21.8. The lowest BCUT2D eigenvalue weighted by Gasteiger charge is -2.18. The van der Waals surface area contributed by atoms with Crippen LogP contribution in [0.1, 0.15) is 23.2 Å². The molecule has 0 spiro atoms. The minimum absolute atomic E-state index is 0.0887. The molecule has 116 valence electrons. The average molecular weight is 315 g/mol. The molecule has 8 heteroatoms. The predicted molar refractivity (Wildman–Crippen MR) is 74.5 cm³/mol. The molecule has 7 nitrogen and oxygen atoms in total. The number of carboxylic acid groups (broad SMARTS) is 1. The molecule has 1 rings (SSSR count). The number of sulfonamides is 1. The van der Waals surface area contributed by atoms with Crippen molar-refractivity contribution in [2.45, 2.75) is 17.7 Å². The fourth-order valence-electron chi connectivity index (χ4n) is 1.70. The third kappa shape index (κ3) is 4.27. The molecule has 0 aliphatic rings. The molecule has 0 aromatic heterocycles. The zero-order valence-electron chi connectivity index (χ0n) is 11.8. The molecule has 0 saturated heterocycles. The van der Waals surface area contributed by atoms with Crippen LogP contribution >= 0.6 is 0 Å². The average Bonchev–Trinajstić information content (AvgIpc) is 2.46. The first-order chi connectivity index (χ1) is 9.80. The second-order valence-corrected chi connectivity index (χ2v) is 6.32. The summed E-state index contributed by atoms with van der Waals surface area (Å²) in [7, 11) is -1.32. The smallest absolute Gasteiger partial charge is 0.337 e. The standard InChI is InChI=1S/C13H17NO6S/c1-14(9-5-8-12(15)20-2)21(18,19)11-7-4-3-6-10(11)13(16)17/h3-4,6-7H,5,8-9H2,1-2H3,(H,16,17). The van der Waals surface area contributed by atoms with Crippen LogP contribution in [0.15, 0.2) is 29.2 Å². The zero-order chi connectivity index (χ0) is 16.0. The van der Waals surface area contributed by atoms with Gasteiger partial charge in [-0.15, -0.1) is 0 Å². The number of carbonyl (C=O) groups excluding carboxylic acids is 1. The summed E-state index contributed by atoms with van der Waals surface area (Å²) in [6, 6.07) is 5.40. The van der Waals surface area contributed by atoms with Gasteiger partial charge in [0, 0.05) is 20.0 Å². The Kier molecular flexibility index (Phi) is 5.86. The molecule has 0 aliphatic heterocycles. The SMILES string of the molecule is COC(=O)CCCN(C)S(=O)(=O)c1ccccc1C(=O)O. The molecule has 1 aromatic rings. The van der Waals surface area contributed by atoms with Gasteiger partial charge in [-0.05, 0) is 18.6 Å². The van der Waals surface area contributed by atoms with Crippen molar-refractivity contribution in [3.05, 3.63) is 29.8 Å². The highest BCUT2D eigenvalue weighted by atomic mass is 32.2. The Balaban J connectivity index is 2.90. The van der Waals surface area contributed by atoms with Crippen molar-refractivity contribution in [1.29, 1.82) is 0 Å². The van der Waals surface area contributed by atoms with E-state index in [-0.39, 0.29) is 29.8 Å². The van der Waals surface area contributed by atoms with Crippen LogP contribution in [0.3, 0.4) is 0 Å². The van der Waals surface area contributed by atoms with Crippen LogP contribution in [0.5, 0.6) is 0 Å². The molecule has 1 N–H and O–H groups in total. The summed E-state index contributed by atoms with van der Waals surface area (Å²) in [6.45, 7) is 0.0887. The first-order valence-corrected chi connectivity index (χ1v) is 7.60. The summed E-state index contributed by atoms with van der Waals surface area (Å²) in [5.74, 6) is -1.73. The number of ether oxygens (including phenoxy) is 1. The van der Waals surface area contributed by atoms with E-state index in [2.05, 4.69) is 4.74 Å². The lowest BCUT2D eigenvalue weighted by molar-refractivity contribution is -0.140. The van der Waals surface area contributed by atoms with Gasteiger partial charge in [-0.2, -0.15) is 0 Å². The van der Waals surface area contributed by atoms with E-state index in [0.29, 0.717) is 0 Å². The number of esters is 1. The number of rotatable bonds is 7. The Morgan fingerprint density at radius 2 is 1.90 bits per heavy atom. The molecule has 0 radical (unpaired) electrons. The molecule has 0 heterocycles. The molecule has 1 aromatic carbocycles. The lowest BCUT2D eigenvalue weighted by Crippen LogP contribution is -2.29. The van der Waals surface area contributed by atoms with E-state index in [1.54, 1.807) is 0 Å². The Bertz CT molecular complexity index is 625. The topological polar surface area (TPSA) is 101 Å². The lowest BCUT2D eigenvalue weighted by atomic mass is 10.2. The normalized spacial score (nSPS) is 11.4. The van der Waals surface area contributed by atoms with Crippen LogP contribution in [-0.2, 0) is 19.6 Å². The second kappa shape index (κ2) is 7.19. The van der Waals surface area contributed by atoms with E-state index in [4.69, 9.17) is 5.11 Å². The van der Waals surface area contributed by atoms with Gasteiger partial charge in [-0.1, -0.05) is 12.1 Å². The monoisotopic (exact) mass is 315 g/mol. The van der Waals surface area contributed by atoms with E-state index in [0.717, 1.165) is 4.31 Å². The quantitative estimate of drug-likeness (QED) is 0.752. The highest BCUT2D eigenvalue weighted by Crippen LogP contribution is 2.19. The highest BCUT2D eigenvalue weighted by Gasteiger charge is 2.25. The molecule has 0 amide bonds. The van der Waals surface area contributed by atoms with Crippen molar-refractivity contribution in [3.8, 4) is 0 Å². The van der Waals surface area contributed by atoms with E-state index in [9.17, 15) is 18.0 Å². The molecule has 0 saturated carbocycles. The number of benzene rings is 1. The number of aromatic carboxylic acids is 1. The summed E-state index contributed by atoms with van der Waals surface area (Å²) in [6.07, 6.45) is 0.384. The largest absolute Gasteiger partial charge is 0.478 e. The van der Waals surface area contributed by atoms with Gasteiger partial charge in [-0.3, -0.25) is 4.79 Å². The number of carbonyl (C=O) groups is 2. The predicted octanol–water partition coefficient (Wildman–Crippen LogP) is 0.958. The van der Waals surface area contributed by atoms with E-state index >= 15 is 0 Å². The number of hydrogen-bond donors (Lipinski definition) is 1. The van der Waals surface area contributed by atoms with Crippen molar-refractivity contribution < 1.29 is 27.9 Å². The van der Waals surface area contributed by atoms with Crippen molar-refractivity contribution in [2.75, 3.05) is 20.7 Å². The summed E-state index contributed by atoms with van der Waals surface area (Å²) >= 11 is 0. The van der Waals surface area contributed by atoms with Gasteiger partial charge in [0.2, 0.25) is 10.0 Å².